The molecule has 0 aliphatic heterocycles. The van der Waals surface area contributed by atoms with Crippen molar-refractivity contribution in [3.63, 3.8) is 0 Å². The van der Waals surface area contributed by atoms with Gasteiger partial charge in [0.05, 0.1) is 47.3 Å². The number of pyridine rings is 2. The molecule has 69 heavy (non-hydrogen) atoms. The molecule has 0 fully saturated rings. The SMILES string of the molecule is Cc1ncc(CNc2ccc(C(=N)N)cc2)c(C(F)F)c1OCc1ccc(C(=N)N)cc1.[C-]#[N+]c1ccc(COc2c(C)ncc(CN(C(=O)OC(C)(C)C)c3ccc(C#N)cc3)c2C(F)F)cc1. The van der Waals surface area contributed by atoms with E-state index in [1.54, 1.807) is 120 Å². The van der Waals surface area contributed by atoms with Gasteiger partial charge in [0.1, 0.15) is 42.0 Å². The Morgan fingerprint density at radius 1 is 0.768 bits per heavy atom. The first-order valence-corrected chi connectivity index (χ1v) is 21.2. The van der Waals surface area contributed by atoms with Gasteiger partial charge in [-0.1, -0.05) is 48.5 Å². The number of rotatable bonds is 16. The largest absolute Gasteiger partial charge is 0.486 e. The van der Waals surface area contributed by atoms with Crippen molar-refractivity contribution >= 4 is 34.8 Å². The van der Waals surface area contributed by atoms with E-state index in [4.69, 9.17) is 48.3 Å². The summed E-state index contributed by atoms with van der Waals surface area (Å²) in [6.07, 6.45) is -3.67. The van der Waals surface area contributed by atoms with Crippen LogP contribution in [0.25, 0.3) is 4.85 Å². The first-order chi connectivity index (χ1) is 32.8. The maximum atomic E-state index is 14.4. The molecular weight excluding hydrogens is 893 g/mol. The van der Waals surface area contributed by atoms with E-state index in [1.165, 1.54) is 29.4 Å². The fourth-order valence-electron chi connectivity index (χ4n) is 6.58. The molecule has 18 heteroatoms. The average Bonchev–Trinajstić information content (AvgIpc) is 3.32. The topological polar surface area (TPSA) is 214 Å². The summed E-state index contributed by atoms with van der Waals surface area (Å²) in [4.78, 5) is 26.1. The maximum absolute atomic E-state index is 14.4. The summed E-state index contributed by atoms with van der Waals surface area (Å²) in [5.41, 5.74) is 15.1. The molecule has 0 spiro atoms. The number of anilines is 2. The van der Waals surface area contributed by atoms with Crippen molar-refractivity contribution in [2.24, 2.45) is 11.5 Å². The van der Waals surface area contributed by atoms with Gasteiger partial charge in [0.15, 0.2) is 5.69 Å². The number of amidine groups is 2. The van der Waals surface area contributed by atoms with Crippen LogP contribution in [0.5, 0.6) is 11.5 Å². The molecule has 6 aromatic rings. The van der Waals surface area contributed by atoms with Crippen LogP contribution in [0, 0.1) is 42.6 Å². The third kappa shape index (κ3) is 14.2. The van der Waals surface area contributed by atoms with E-state index in [2.05, 4.69) is 20.1 Å². The smallest absolute Gasteiger partial charge is 0.415 e. The molecule has 1 amide bonds. The van der Waals surface area contributed by atoms with Crippen LogP contribution >= 0.6 is 0 Å². The number of amides is 1. The Labute approximate surface area is 397 Å². The minimum Gasteiger partial charge on any atom is -0.486 e. The minimum absolute atomic E-state index is 0.00459. The second-order valence-corrected chi connectivity index (χ2v) is 16.4. The number of aryl methyl sites for hydroxylation is 2. The van der Waals surface area contributed by atoms with Crippen molar-refractivity contribution in [1.29, 1.82) is 16.1 Å². The summed E-state index contributed by atoms with van der Waals surface area (Å²) in [6.45, 7) is 15.3. The van der Waals surface area contributed by atoms with E-state index < -0.39 is 24.5 Å². The number of ether oxygens (including phenoxy) is 3. The molecule has 7 N–H and O–H groups in total. The fourth-order valence-corrected chi connectivity index (χ4v) is 6.58. The summed E-state index contributed by atoms with van der Waals surface area (Å²) in [6, 6.07) is 28.4. The summed E-state index contributed by atoms with van der Waals surface area (Å²) < 4.78 is 73.9. The number of aromatic nitrogens is 2. The number of carbonyl (C=O) groups is 1. The maximum Gasteiger partial charge on any atom is 0.415 e. The lowest BCUT2D eigenvalue weighted by atomic mass is 10.1. The Bertz CT molecular complexity index is 2840. The number of halogens is 4. The fraction of sp³-hybridized carbons (Fsp3) is 0.235. The molecular formula is C51H50F4N10O4. The number of nitrogen functional groups attached to an aromatic ring is 2. The van der Waals surface area contributed by atoms with Gasteiger partial charge in [0, 0.05) is 52.6 Å². The summed E-state index contributed by atoms with van der Waals surface area (Å²) in [5.74, 6) is -0.0989. The summed E-state index contributed by atoms with van der Waals surface area (Å²) >= 11 is 0. The average molecular weight is 943 g/mol. The molecule has 4 aromatic carbocycles. The molecule has 0 radical (unpaired) electrons. The lowest BCUT2D eigenvalue weighted by molar-refractivity contribution is 0.0576. The predicted molar refractivity (Wildman–Crippen MR) is 255 cm³/mol. The van der Waals surface area contributed by atoms with Crippen LogP contribution in [0.15, 0.2) is 109 Å². The highest BCUT2D eigenvalue weighted by atomic mass is 19.3. The first-order valence-electron chi connectivity index (χ1n) is 21.2. The van der Waals surface area contributed by atoms with E-state index in [0.29, 0.717) is 50.6 Å². The van der Waals surface area contributed by atoms with Gasteiger partial charge in [-0.15, -0.1) is 0 Å². The van der Waals surface area contributed by atoms with Gasteiger partial charge in [0.25, 0.3) is 12.9 Å². The van der Waals surface area contributed by atoms with Crippen molar-refractivity contribution < 1.29 is 36.6 Å². The Morgan fingerprint density at radius 3 is 1.68 bits per heavy atom. The zero-order valence-corrected chi connectivity index (χ0v) is 38.4. The van der Waals surface area contributed by atoms with Gasteiger partial charge >= 0.3 is 6.09 Å². The van der Waals surface area contributed by atoms with Gasteiger partial charge in [-0.3, -0.25) is 25.7 Å². The second-order valence-electron chi connectivity index (χ2n) is 16.4. The predicted octanol–water partition coefficient (Wildman–Crippen LogP) is 11.4. The Morgan fingerprint density at radius 2 is 1.23 bits per heavy atom. The molecule has 0 aliphatic rings. The van der Waals surface area contributed by atoms with Crippen LogP contribution in [-0.4, -0.2) is 33.3 Å². The molecule has 2 heterocycles. The van der Waals surface area contributed by atoms with E-state index in [1.807, 2.05) is 6.07 Å². The highest BCUT2D eigenvalue weighted by Gasteiger charge is 2.29. The van der Waals surface area contributed by atoms with E-state index >= 15 is 0 Å². The van der Waals surface area contributed by atoms with Gasteiger partial charge in [0.2, 0.25) is 0 Å². The van der Waals surface area contributed by atoms with Gasteiger partial charge in [-0.2, -0.15) is 5.26 Å². The summed E-state index contributed by atoms with van der Waals surface area (Å²) in [7, 11) is 0. The monoisotopic (exact) mass is 942 g/mol. The van der Waals surface area contributed by atoms with Gasteiger partial charge in [-0.25, -0.2) is 27.2 Å². The molecule has 0 saturated heterocycles. The number of nitriles is 1. The Kier molecular flexibility index (Phi) is 17.4. The van der Waals surface area contributed by atoms with Crippen molar-refractivity contribution in [2.45, 2.75) is 79.4 Å². The molecule has 0 atom stereocenters. The zero-order valence-electron chi connectivity index (χ0n) is 38.4. The molecule has 14 nitrogen and oxygen atoms in total. The number of nitrogens with two attached hydrogens (primary N) is 2. The van der Waals surface area contributed by atoms with Crippen molar-refractivity contribution in [3.8, 4) is 17.6 Å². The Balaban J connectivity index is 0.000000260. The van der Waals surface area contributed by atoms with Crippen LogP contribution in [0.2, 0.25) is 0 Å². The second kappa shape index (κ2) is 23.3. The molecule has 0 aliphatic carbocycles. The van der Waals surface area contributed by atoms with Crippen molar-refractivity contribution in [3.05, 3.63) is 182 Å². The number of nitrogens with one attached hydrogen (secondary N) is 3. The molecule has 0 unspecified atom stereocenters. The normalized spacial score (nSPS) is 10.9. The first kappa shape index (κ1) is 51.5. The van der Waals surface area contributed by atoms with Crippen LogP contribution in [0.3, 0.4) is 0 Å². The number of hydrogen-bond acceptors (Lipinski definition) is 10. The molecule has 0 saturated carbocycles. The number of benzene rings is 4. The molecule has 0 bridgehead atoms. The van der Waals surface area contributed by atoms with Gasteiger partial charge in [-0.05, 0) is 94.3 Å². The lowest BCUT2D eigenvalue weighted by Gasteiger charge is -2.28. The van der Waals surface area contributed by atoms with E-state index in [-0.39, 0.29) is 71.9 Å². The quantitative estimate of drug-likeness (QED) is 0.0268. The number of hydrogen-bond donors (Lipinski definition) is 5. The van der Waals surface area contributed by atoms with Crippen molar-refractivity contribution in [1.82, 2.24) is 9.97 Å². The number of carbonyl (C=O) groups excluding carboxylic acids is 1. The molecule has 356 valence electrons. The molecule has 2 aromatic heterocycles. The van der Waals surface area contributed by atoms with Crippen LogP contribution in [0.1, 0.15) is 95.1 Å². The van der Waals surface area contributed by atoms with Crippen LogP contribution in [-0.2, 0) is 31.0 Å². The standard InChI is InChI=1S/C28H26F2N4O3.C23H24F2N6O/c1-18-25(36-17-20-6-10-22(32-5)11-7-20)24(26(29)30)21(15-33-18)16-34(27(35)37-28(2,3)4)23-12-8-19(14-31)9-13-23;1-13-20(32-12-14-2-4-15(5-3-14)22(26)27)19(21(24)25)17(10-30-13)11-31-18-8-6-16(7-9-18)23(28)29/h6-13,15,26H,16-17H2,1-4H3;2-10,21,31H,11-12H2,1H3,(H3,26,27)(H3,28,29). The number of alkyl halides is 4. The number of nitrogens with zero attached hydrogens (tertiary/aromatic N) is 5. The van der Waals surface area contributed by atoms with Gasteiger partial charge < -0.3 is 31.0 Å². The van der Waals surface area contributed by atoms with E-state index in [0.717, 1.165) is 5.56 Å². The molecule has 6 rings (SSSR count). The summed E-state index contributed by atoms with van der Waals surface area (Å²) in [5, 5.41) is 27.1. The van der Waals surface area contributed by atoms with E-state index in [9.17, 15) is 22.4 Å². The third-order valence-corrected chi connectivity index (χ3v) is 10.1. The lowest BCUT2D eigenvalue weighted by Crippen LogP contribution is -2.36. The van der Waals surface area contributed by atoms with Crippen molar-refractivity contribution in [2.75, 3.05) is 10.2 Å². The highest BCUT2D eigenvalue weighted by molar-refractivity contribution is 5.95. The third-order valence-electron chi connectivity index (χ3n) is 10.1. The van der Waals surface area contributed by atoms with Crippen LogP contribution in [0.4, 0.5) is 39.4 Å². The van der Waals surface area contributed by atoms with Crippen LogP contribution < -0.4 is 31.2 Å². The minimum atomic E-state index is -2.90. The zero-order chi connectivity index (χ0) is 50.4. The Hall–Kier alpha value is -8.51. The highest BCUT2D eigenvalue weighted by Crippen LogP contribution is 2.37.